The molecule has 1 N–H and O–H groups in total. The third-order valence-electron chi connectivity index (χ3n) is 4.81. The molecule has 0 atom stereocenters. The summed E-state index contributed by atoms with van der Waals surface area (Å²) in [6.45, 7) is 2.03. The van der Waals surface area contributed by atoms with Gasteiger partial charge in [0.05, 0.1) is 0 Å². The lowest BCUT2D eigenvalue weighted by molar-refractivity contribution is 0.174. The molecule has 0 amide bonds. The molecule has 9 nitrogen and oxygen atoms in total. The van der Waals surface area contributed by atoms with Crippen LogP contribution >= 0.6 is 11.6 Å². The molecule has 1 aromatic carbocycles. The van der Waals surface area contributed by atoms with Crippen LogP contribution < -0.4 is 19.7 Å². The molecule has 0 spiro atoms. The third kappa shape index (κ3) is 3.65. The molecule has 1 fully saturated rings. The van der Waals surface area contributed by atoms with Crippen molar-refractivity contribution in [3.05, 3.63) is 35.4 Å². The second-order valence-electron chi connectivity index (χ2n) is 6.61. The number of nitrogens with one attached hydrogen (secondary N) is 1. The Balaban J connectivity index is 1.44. The highest BCUT2D eigenvalue weighted by Gasteiger charge is 2.22. The molecule has 2 aliphatic rings. The minimum absolute atomic E-state index is 0.125. The SMILES string of the molecule is O=S1CCN(c2nc(Cl)nc3c(NCc4ccc5c(c4)OCO5)ncnc23)CC1. The van der Waals surface area contributed by atoms with Crippen LogP contribution in [0.5, 0.6) is 11.5 Å². The fraction of sp³-hybridized carbons (Fsp3) is 0.333. The number of nitrogens with zero attached hydrogens (tertiary/aromatic N) is 5. The van der Waals surface area contributed by atoms with Gasteiger partial charge >= 0.3 is 0 Å². The van der Waals surface area contributed by atoms with Crippen LogP contribution in [0.4, 0.5) is 11.6 Å². The Bertz CT molecular complexity index is 1100. The number of ether oxygens (including phenoxy) is 2. The standard InChI is InChI=1S/C18H17ClN6O3S/c19-18-23-14-15(17(24-18)25-3-5-29(26)6-4-25)21-9-22-16(14)20-8-11-1-2-12-13(7-11)28-10-27-12/h1-2,7,9H,3-6,8,10H2,(H,20,21,22). The van der Waals surface area contributed by atoms with Gasteiger partial charge in [0.15, 0.2) is 23.1 Å². The summed E-state index contributed by atoms with van der Waals surface area (Å²) >= 11 is 6.20. The third-order valence-corrected chi connectivity index (χ3v) is 6.26. The summed E-state index contributed by atoms with van der Waals surface area (Å²) in [6.07, 6.45) is 1.48. The molecule has 0 unspecified atom stereocenters. The molecule has 3 aromatic rings. The van der Waals surface area contributed by atoms with Crippen molar-refractivity contribution in [2.24, 2.45) is 0 Å². The summed E-state index contributed by atoms with van der Waals surface area (Å²) in [5.74, 6) is 3.89. The minimum Gasteiger partial charge on any atom is -0.454 e. The molecule has 2 aliphatic heterocycles. The monoisotopic (exact) mass is 432 g/mol. The zero-order valence-corrected chi connectivity index (χ0v) is 16.9. The Morgan fingerprint density at radius 1 is 1.10 bits per heavy atom. The fourth-order valence-electron chi connectivity index (χ4n) is 3.34. The van der Waals surface area contributed by atoms with Crippen LogP contribution in [0.1, 0.15) is 5.56 Å². The zero-order chi connectivity index (χ0) is 19.8. The predicted molar refractivity (Wildman–Crippen MR) is 110 cm³/mol. The summed E-state index contributed by atoms with van der Waals surface area (Å²) in [5, 5.41) is 3.42. The van der Waals surface area contributed by atoms with E-state index in [1.807, 2.05) is 23.1 Å². The number of hydrogen-bond acceptors (Lipinski definition) is 9. The molecule has 0 saturated carbocycles. The molecule has 0 radical (unpaired) electrons. The maximum Gasteiger partial charge on any atom is 0.231 e. The van der Waals surface area contributed by atoms with Gasteiger partial charge in [-0.05, 0) is 29.3 Å². The minimum atomic E-state index is -0.785. The number of hydrogen-bond donors (Lipinski definition) is 1. The molecule has 29 heavy (non-hydrogen) atoms. The maximum absolute atomic E-state index is 11.7. The Hall–Kier alpha value is -2.72. The second kappa shape index (κ2) is 7.60. The van der Waals surface area contributed by atoms with Gasteiger partial charge in [0.1, 0.15) is 17.4 Å². The van der Waals surface area contributed by atoms with E-state index in [4.69, 9.17) is 21.1 Å². The quantitative estimate of drug-likeness (QED) is 0.620. The van der Waals surface area contributed by atoms with Crippen molar-refractivity contribution in [3.8, 4) is 11.5 Å². The Morgan fingerprint density at radius 3 is 2.79 bits per heavy atom. The summed E-state index contributed by atoms with van der Waals surface area (Å²) in [6, 6.07) is 5.78. The van der Waals surface area contributed by atoms with Gasteiger partial charge in [-0.3, -0.25) is 4.21 Å². The highest BCUT2D eigenvalue weighted by Crippen LogP contribution is 2.33. The van der Waals surface area contributed by atoms with Crippen LogP contribution in [0.3, 0.4) is 0 Å². The molecule has 150 valence electrons. The summed E-state index contributed by atoms with van der Waals surface area (Å²) in [5.41, 5.74) is 2.18. The Morgan fingerprint density at radius 2 is 1.93 bits per heavy atom. The molecule has 4 heterocycles. The van der Waals surface area contributed by atoms with Crippen molar-refractivity contribution in [2.45, 2.75) is 6.54 Å². The van der Waals surface area contributed by atoms with E-state index in [9.17, 15) is 4.21 Å². The number of anilines is 2. The topological polar surface area (TPSA) is 102 Å². The van der Waals surface area contributed by atoms with Crippen molar-refractivity contribution < 1.29 is 13.7 Å². The first kappa shape index (κ1) is 18.3. The molecular weight excluding hydrogens is 416 g/mol. The van der Waals surface area contributed by atoms with Gasteiger partial charge in [-0.1, -0.05) is 6.07 Å². The second-order valence-corrected chi connectivity index (χ2v) is 8.65. The predicted octanol–water partition coefficient (Wildman–Crippen LogP) is 1.98. The van der Waals surface area contributed by atoms with Gasteiger partial charge in [-0.2, -0.15) is 4.98 Å². The first-order valence-electron chi connectivity index (χ1n) is 9.08. The zero-order valence-electron chi connectivity index (χ0n) is 15.3. The van der Waals surface area contributed by atoms with Crippen LogP contribution in [-0.2, 0) is 17.3 Å². The van der Waals surface area contributed by atoms with Crippen LogP contribution in [0.15, 0.2) is 24.5 Å². The van der Waals surface area contributed by atoms with Crippen molar-refractivity contribution in [3.63, 3.8) is 0 Å². The van der Waals surface area contributed by atoms with E-state index in [2.05, 4.69) is 25.3 Å². The van der Waals surface area contributed by atoms with E-state index in [1.165, 1.54) is 6.33 Å². The van der Waals surface area contributed by atoms with Crippen LogP contribution in [0, 0.1) is 0 Å². The van der Waals surface area contributed by atoms with Crippen molar-refractivity contribution in [2.75, 3.05) is 41.6 Å². The lowest BCUT2D eigenvalue weighted by atomic mass is 10.2. The average molecular weight is 433 g/mol. The van der Waals surface area contributed by atoms with E-state index in [0.717, 1.165) is 17.1 Å². The summed E-state index contributed by atoms with van der Waals surface area (Å²) in [4.78, 5) is 19.5. The molecule has 0 bridgehead atoms. The summed E-state index contributed by atoms with van der Waals surface area (Å²) < 4.78 is 22.5. The van der Waals surface area contributed by atoms with E-state index in [0.29, 0.717) is 53.8 Å². The van der Waals surface area contributed by atoms with Gasteiger partial charge in [0.25, 0.3) is 0 Å². The van der Waals surface area contributed by atoms with E-state index in [1.54, 1.807) is 0 Å². The van der Waals surface area contributed by atoms with E-state index >= 15 is 0 Å². The van der Waals surface area contributed by atoms with Crippen molar-refractivity contribution in [1.82, 2.24) is 19.9 Å². The lowest BCUT2D eigenvalue weighted by Crippen LogP contribution is -2.38. The summed E-state index contributed by atoms with van der Waals surface area (Å²) in [7, 11) is -0.785. The maximum atomic E-state index is 11.7. The number of fused-ring (bicyclic) bond motifs is 2. The lowest BCUT2D eigenvalue weighted by Gasteiger charge is -2.27. The molecular formula is C18H17ClN6O3S. The molecule has 2 aromatic heterocycles. The van der Waals surface area contributed by atoms with E-state index in [-0.39, 0.29) is 12.1 Å². The largest absolute Gasteiger partial charge is 0.454 e. The smallest absolute Gasteiger partial charge is 0.231 e. The van der Waals surface area contributed by atoms with Gasteiger partial charge in [-0.15, -0.1) is 0 Å². The van der Waals surface area contributed by atoms with Gasteiger partial charge < -0.3 is 19.7 Å². The fourth-order valence-corrected chi connectivity index (χ4v) is 4.56. The number of benzene rings is 1. The van der Waals surface area contributed by atoms with Gasteiger partial charge in [0.2, 0.25) is 12.1 Å². The average Bonchev–Trinajstić information content (AvgIpc) is 3.20. The van der Waals surface area contributed by atoms with Crippen LogP contribution in [0.25, 0.3) is 11.0 Å². The molecule has 5 rings (SSSR count). The van der Waals surface area contributed by atoms with E-state index < -0.39 is 10.8 Å². The number of halogens is 1. The normalized spacial score (nSPS) is 16.4. The highest BCUT2D eigenvalue weighted by molar-refractivity contribution is 7.85. The molecule has 1 saturated heterocycles. The molecule has 0 aliphatic carbocycles. The van der Waals surface area contributed by atoms with Crippen LogP contribution in [-0.4, -0.2) is 55.5 Å². The first-order chi connectivity index (χ1) is 14.2. The van der Waals surface area contributed by atoms with Crippen LogP contribution in [0.2, 0.25) is 5.28 Å². The highest BCUT2D eigenvalue weighted by atomic mass is 35.5. The number of rotatable bonds is 4. The Labute approximate surface area is 173 Å². The van der Waals surface area contributed by atoms with Gasteiger partial charge in [0, 0.05) is 41.9 Å². The first-order valence-corrected chi connectivity index (χ1v) is 10.9. The molecule has 11 heteroatoms. The van der Waals surface area contributed by atoms with Crippen molar-refractivity contribution in [1.29, 1.82) is 0 Å². The van der Waals surface area contributed by atoms with Gasteiger partial charge in [-0.25, -0.2) is 15.0 Å². The number of aromatic nitrogens is 4. The Kier molecular flexibility index (Phi) is 4.80. The van der Waals surface area contributed by atoms with Crippen molar-refractivity contribution >= 4 is 45.1 Å².